The van der Waals surface area contributed by atoms with Crippen LogP contribution in [0, 0.1) is 0 Å². The van der Waals surface area contributed by atoms with E-state index in [1.165, 1.54) is 0 Å². The Morgan fingerprint density at radius 2 is 2.57 bits per heavy atom. The van der Waals surface area contributed by atoms with Gasteiger partial charge in [-0.15, -0.1) is 0 Å². The van der Waals surface area contributed by atoms with Crippen molar-refractivity contribution in [3.63, 3.8) is 0 Å². The molecule has 0 aromatic carbocycles. The van der Waals surface area contributed by atoms with Gasteiger partial charge in [-0.25, -0.2) is 4.76 Å². The molecule has 4 heteroatoms. The maximum Gasteiger partial charge on any atom is 0.292 e. The van der Waals surface area contributed by atoms with Gasteiger partial charge in [-0.3, -0.25) is 5.50 Å². The highest BCUT2D eigenvalue weighted by atomic mass is 31.2. The first kappa shape index (κ1) is 4.75. The molecule has 0 bridgehead atoms. The average Bonchev–Trinajstić information content (AvgIpc) is 1.69. The van der Waals surface area contributed by atoms with Crippen LogP contribution >= 0.6 is 8.45 Å². The summed E-state index contributed by atoms with van der Waals surface area (Å²) in [7, 11) is -1.01. The topological polar surface area (TPSA) is 47.6 Å². The molecule has 1 atom stereocenters. The summed E-state index contributed by atoms with van der Waals surface area (Å²) in [6.45, 7) is 0. The maximum absolute atomic E-state index is 5.23. The first-order valence-electron chi connectivity index (χ1n) is 1.80. The predicted molar refractivity (Wildman–Crippen MR) is 29.8 cm³/mol. The average molecular weight is 116 g/mol. The van der Waals surface area contributed by atoms with Crippen LogP contribution in [0.25, 0.3) is 0 Å². The van der Waals surface area contributed by atoms with Crippen LogP contribution in [0.5, 0.6) is 0 Å². The Morgan fingerprint density at radius 3 is 2.86 bits per heavy atom. The molecule has 1 rings (SSSR count). The van der Waals surface area contributed by atoms with E-state index in [1.807, 2.05) is 0 Å². The predicted octanol–water partition coefficient (Wildman–Crippen LogP) is 0.787. The second-order valence-electron chi connectivity index (χ2n) is 1.00. The maximum atomic E-state index is 5.23. The molecule has 7 heavy (non-hydrogen) atoms. The number of hydrogen-bond acceptors (Lipinski definition) is 3. The van der Waals surface area contributed by atoms with Gasteiger partial charge in [0.05, 0.1) is 6.26 Å². The van der Waals surface area contributed by atoms with E-state index in [9.17, 15) is 0 Å². The first-order chi connectivity index (χ1) is 3.39. The Morgan fingerprint density at radius 1 is 1.71 bits per heavy atom. The quantitative estimate of drug-likeness (QED) is 0.475. The summed E-state index contributed by atoms with van der Waals surface area (Å²) in [4.78, 5) is 0. The molecule has 0 amide bonds. The molecule has 0 aromatic rings. The molecule has 1 aliphatic rings. The van der Waals surface area contributed by atoms with Crippen molar-refractivity contribution in [2.75, 3.05) is 0 Å². The lowest BCUT2D eigenvalue weighted by molar-refractivity contribution is 0.534. The second-order valence-corrected chi connectivity index (χ2v) is 2.05. The summed E-state index contributed by atoms with van der Waals surface area (Å²) < 4.78 is 8.48. The molecular weight excluding hydrogens is 111 g/mol. The molecule has 3 nitrogen and oxygen atoms in total. The molecule has 0 radical (unpaired) electrons. The number of nitrogens with zero attached hydrogens (tertiary/aromatic N) is 1. The van der Waals surface area contributed by atoms with Gasteiger partial charge in [-0.2, -0.15) is 0 Å². The fourth-order valence-electron chi connectivity index (χ4n) is 0.264. The SMILES string of the molecule is NP1N=CC=CO1. The van der Waals surface area contributed by atoms with E-state index in [2.05, 4.69) is 4.76 Å². The van der Waals surface area contributed by atoms with Crippen LogP contribution < -0.4 is 5.50 Å². The van der Waals surface area contributed by atoms with Gasteiger partial charge in [0.1, 0.15) is 0 Å². The zero-order chi connectivity index (χ0) is 5.11. The number of hydrogen-bond donors (Lipinski definition) is 1. The van der Waals surface area contributed by atoms with Gasteiger partial charge < -0.3 is 4.52 Å². The molecule has 1 unspecified atom stereocenters. The highest BCUT2D eigenvalue weighted by molar-refractivity contribution is 7.48. The summed E-state index contributed by atoms with van der Waals surface area (Å²) in [5.74, 6) is 0. The molecule has 0 saturated heterocycles. The lowest BCUT2D eigenvalue weighted by Gasteiger charge is -2.03. The van der Waals surface area contributed by atoms with Crippen molar-refractivity contribution in [2.24, 2.45) is 10.3 Å². The van der Waals surface area contributed by atoms with Crippen LogP contribution in [0.3, 0.4) is 0 Å². The molecule has 38 valence electrons. The van der Waals surface area contributed by atoms with Crippen LogP contribution in [-0.2, 0) is 4.52 Å². The van der Waals surface area contributed by atoms with Crippen molar-refractivity contribution in [3.8, 4) is 0 Å². The van der Waals surface area contributed by atoms with Gasteiger partial charge in [0.25, 0.3) is 8.45 Å². The van der Waals surface area contributed by atoms with E-state index in [0.29, 0.717) is 0 Å². The third-order valence-electron chi connectivity index (χ3n) is 0.514. The van der Waals surface area contributed by atoms with Gasteiger partial charge in [0.2, 0.25) is 0 Å². The second kappa shape index (κ2) is 2.05. The van der Waals surface area contributed by atoms with Crippen molar-refractivity contribution >= 4 is 14.7 Å². The van der Waals surface area contributed by atoms with Crippen molar-refractivity contribution < 1.29 is 4.52 Å². The molecule has 0 aliphatic carbocycles. The Hall–Kier alpha value is -0.400. The van der Waals surface area contributed by atoms with Crippen LogP contribution in [-0.4, -0.2) is 6.21 Å². The van der Waals surface area contributed by atoms with E-state index in [0.717, 1.165) is 0 Å². The highest BCUT2D eigenvalue weighted by Crippen LogP contribution is 2.29. The van der Waals surface area contributed by atoms with Crippen LogP contribution in [0.15, 0.2) is 17.1 Å². The molecule has 0 saturated carbocycles. The van der Waals surface area contributed by atoms with E-state index in [1.54, 1.807) is 18.6 Å². The Balaban J connectivity index is 2.49. The molecule has 0 aromatic heterocycles. The van der Waals surface area contributed by atoms with Crippen LogP contribution in [0.4, 0.5) is 0 Å². The highest BCUT2D eigenvalue weighted by Gasteiger charge is 1.96. The number of rotatable bonds is 0. The fourth-order valence-corrected chi connectivity index (χ4v) is 0.722. The lowest BCUT2D eigenvalue weighted by Crippen LogP contribution is -1.88. The van der Waals surface area contributed by atoms with Crippen molar-refractivity contribution in [3.05, 3.63) is 12.3 Å². The summed E-state index contributed by atoms with van der Waals surface area (Å²) in [6.07, 6.45) is 4.87. The van der Waals surface area contributed by atoms with Gasteiger partial charge in [0, 0.05) is 6.21 Å². The molecule has 1 heterocycles. The lowest BCUT2D eigenvalue weighted by atomic mass is 10.7. The van der Waals surface area contributed by atoms with Crippen LogP contribution in [0.2, 0.25) is 0 Å². The van der Waals surface area contributed by atoms with Crippen molar-refractivity contribution in [1.29, 1.82) is 0 Å². The fraction of sp³-hybridized carbons (Fsp3) is 0. The minimum absolute atomic E-state index is 1.01. The minimum atomic E-state index is -1.01. The zero-order valence-corrected chi connectivity index (χ0v) is 4.51. The smallest absolute Gasteiger partial charge is 0.292 e. The molecular formula is C3H5N2OP. The Kier molecular flexibility index (Phi) is 1.39. The summed E-state index contributed by atoms with van der Waals surface area (Å²) >= 11 is 0. The minimum Gasteiger partial charge on any atom is -0.448 e. The monoisotopic (exact) mass is 116 g/mol. The Bertz CT molecular complexity index is 112. The molecule has 0 spiro atoms. The van der Waals surface area contributed by atoms with Gasteiger partial charge in [-0.05, 0) is 6.08 Å². The van der Waals surface area contributed by atoms with Crippen molar-refractivity contribution in [2.45, 2.75) is 0 Å². The van der Waals surface area contributed by atoms with E-state index in [-0.39, 0.29) is 0 Å². The van der Waals surface area contributed by atoms with E-state index >= 15 is 0 Å². The van der Waals surface area contributed by atoms with Crippen LogP contribution in [0.1, 0.15) is 0 Å². The third kappa shape index (κ3) is 1.26. The summed E-state index contributed by atoms with van der Waals surface area (Å²) in [5, 5.41) is 0. The van der Waals surface area contributed by atoms with Gasteiger partial charge in [0.15, 0.2) is 0 Å². The third-order valence-corrected chi connectivity index (χ3v) is 1.21. The normalized spacial score (nSPS) is 27.3. The van der Waals surface area contributed by atoms with E-state index in [4.69, 9.17) is 10.0 Å². The number of nitrogens with two attached hydrogens (primary N) is 1. The molecule has 0 fully saturated rings. The number of allylic oxidation sites excluding steroid dienone is 1. The summed E-state index contributed by atoms with van der Waals surface area (Å²) in [6, 6.07) is 0. The summed E-state index contributed by atoms with van der Waals surface area (Å²) in [5.41, 5.74) is 5.23. The van der Waals surface area contributed by atoms with E-state index < -0.39 is 8.45 Å². The zero-order valence-electron chi connectivity index (χ0n) is 3.61. The van der Waals surface area contributed by atoms with Gasteiger partial charge >= 0.3 is 0 Å². The van der Waals surface area contributed by atoms with Crippen molar-refractivity contribution in [1.82, 2.24) is 0 Å². The van der Waals surface area contributed by atoms with Gasteiger partial charge in [-0.1, -0.05) is 0 Å². The largest absolute Gasteiger partial charge is 0.448 e. The first-order valence-corrected chi connectivity index (χ1v) is 3.08. The Labute approximate surface area is 42.8 Å². The molecule has 2 N–H and O–H groups in total. The standard InChI is InChI=1S/C3H5N2OP/c4-7-5-2-1-3-6-7/h1-3H,4H2. The molecule has 1 aliphatic heterocycles.